The Hall–Kier alpha value is -3.13. The van der Waals surface area contributed by atoms with Crippen molar-refractivity contribution in [3.05, 3.63) is 53.1 Å². The molecule has 2 heterocycles. The standard InChI is InChI=1S/C19H18ClN3O5/c1-4-26-16-14(20)8-13(9-15(16)25-3)19(24)27-11(2)18-22-17(23-28-18)12-6-5-7-21-10-12/h5-11H,4H2,1-3H3. The summed E-state index contributed by atoms with van der Waals surface area (Å²) in [7, 11) is 1.46. The van der Waals surface area contributed by atoms with E-state index in [1.54, 1.807) is 31.5 Å². The fourth-order valence-corrected chi connectivity index (χ4v) is 2.68. The van der Waals surface area contributed by atoms with Crippen LogP contribution in [0.4, 0.5) is 0 Å². The molecule has 0 amide bonds. The predicted octanol–water partition coefficient (Wildman–Crippen LogP) is 4.11. The highest BCUT2D eigenvalue weighted by Gasteiger charge is 2.22. The Kier molecular flexibility index (Phi) is 6.10. The molecule has 0 N–H and O–H groups in total. The molecule has 0 spiro atoms. The van der Waals surface area contributed by atoms with Gasteiger partial charge in [-0.1, -0.05) is 16.8 Å². The number of methoxy groups -OCH3 is 1. The molecule has 0 saturated heterocycles. The van der Waals surface area contributed by atoms with E-state index in [0.717, 1.165) is 0 Å². The van der Waals surface area contributed by atoms with Gasteiger partial charge in [-0.15, -0.1) is 0 Å². The van der Waals surface area contributed by atoms with Gasteiger partial charge in [-0.2, -0.15) is 4.98 Å². The highest BCUT2D eigenvalue weighted by molar-refractivity contribution is 6.32. The van der Waals surface area contributed by atoms with Gasteiger partial charge in [0.15, 0.2) is 17.6 Å². The normalized spacial score (nSPS) is 11.7. The molecule has 1 atom stereocenters. The van der Waals surface area contributed by atoms with Crippen molar-refractivity contribution in [3.8, 4) is 22.9 Å². The molecule has 146 valence electrons. The minimum absolute atomic E-state index is 0.163. The minimum atomic E-state index is -0.762. The van der Waals surface area contributed by atoms with E-state index in [9.17, 15) is 4.79 Å². The second kappa shape index (κ2) is 8.71. The van der Waals surface area contributed by atoms with E-state index < -0.39 is 12.1 Å². The van der Waals surface area contributed by atoms with Gasteiger partial charge in [0.2, 0.25) is 5.82 Å². The van der Waals surface area contributed by atoms with E-state index in [1.807, 2.05) is 6.92 Å². The predicted molar refractivity (Wildman–Crippen MR) is 101 cm³/mol. The van der Waals surface area contributed by atoms with E-state index in [2.05, 4.69) is 15.1 Å². The number of nitrogens with zero attached hydrogens (tertiary/aromatic N) is 3. The third kappa shape index (κ3) is 4.23. The molecule has 0 bridgehead atoms. The van der Waals surface area contributed by atoms with Crippen LogP contribution in [-0.4, -0.2) is 34.8 Å². The summed E-state index contributed by atoms with van der Waals surface area (Å²) >= 11 is 6.20. The number of hydrogen-bond donors (Lipinski definition) is 0. The zero-order chi connectivity index (χ0) is 20.1. The maximum absolute atomic E-state index is 12.5. The van der Waals surface area contributed by atoms with Gasteiger partial charge in [0, 0.05) is 18.0 Å². The molecule has 0 aliphatic carbocycles. The van der Waals surface area contributed by atoms with Crippen molar-refractivity contribution in [1.82, 2.24) is 15.1 Å². The lowest BCUT2D eigenvalue weighted by atomic mass is 10.2. The van der Waals surface area contributed by atoms with Crippen LogP contribution in [0.25, 0.3) is 11.4 Å². The number of benzene rings is 1. The molecule has 9 heteroatoms. The lowest BCUT2D eigenvalue weighted by Gasteiger charge is -2.14. The zero-order valence-corrected chi connectivity index (χ0v) is 16.3. The van der Waals surface area contributed by atoms with Crippen LogP contribution in [0.2, 0.25) is 5.02 Å². The molecule has 0 aliphatic rings. The lowest BCUT2D eigenvalue weighted by Crippen LogP contribution is -2.10. The summed E-state index contributed by atoms with van der Waals surface area (Å²) in [4.78, 5) is 20.8. The number of hydrogen-bond acceptors (Lipinski definition) is 8. The maximum Gasteiger partial charge on any atom is 0.339 e. The average molecular weight is 404 g/mol. The SMILES string of the molecule is CCOc1c(Cl)cc(C(=O)OC(C)c2nc(-c3cccnc3)no2)cc1OC. The highest BCUT2D eigenvalue weighted by atomic mass is 35.5. The molecule has 0 fully saturated rings. The Morgan fingerprint density at radius 1 is 1.36 bits per heavy atom. The number of carbonyl (C=O) groups excluding carboxylic acids is 1. The summed E-state index contributed by atoms with van der Waals surface area (Å²) < 4.78 is 21.3. The fourth-order valence-electron chi connectivity index (χ4n) is 2.41. The number of ether oxygens (including phenoxy) is 3. The van der Waals surface area contributed by atoms with Crippen molar-refractivity contribution in [2.75, 3.05) is 13.7 Å². The molecular formula is C19H18ClN3O5. The molecule has 3 rings (SSSR count). The Balaban J connectivity index is 1.76. The van der Waals surface area contributed by atoms with Crippen LogP contribution in [0.3, 0.4) is 0 Å². The maximum atomic E-state index is 12.5. The van der Waals surface area contributed by atoms with E-state index in [4.69, 9.17) is 30.3 Å². The van der Waals surface area contributed by atoms with Crippen molar-refractivity contribution in [1.29, 1.82) is 0 Å². The van der Waals surface area contributed by atoms with Gasteiger partial charge in [0.05, 0.1) is 24.3 Å². The van der Waals surface area contributed by atoms with E-state index >= 15 is 0 Å². The smallest absolute Gasteiger partial charge is 0.339 e. The van der Waals surface area contributed by atoms with Gasteiger partial charge in [-0.3, -0.25) is 4.98 Å². The average Bonchev–Trinajstić information content (AvgIpc) is 3.20. The number of halogens is 1. The summed E-state index contributed by atoms with van der Waals surface area (Å²) in [6, 6.07) is 6.52. The van der Waals surface area contributed by atoms with E-state index in [1.165, 1.54) is 19.2 Å². The second-order valence-corrected chi connectivity index (χ2v) is 6.08. The molecule has 2 aromatic heterocycles. The Morgan fingerprint density at radius 2 is 2.18 bits per heavy atom. The first kappa shape index (κ1) is 19.6. The fraction of sp³-hybridized carbons (Fsp3) is 0.263. The van der Waals surface area contributed by atoms with Crippen molar-refractivity contribution in [3.63, 3.8) is 0 Å². The summed E-state index contributed by atoms with van der Waals surface area (Å²) in [5.41, 5.74) is 0.906. The molecule has 1 unspecified atom stereocenters. The molecule has 8 nitrogen and oxygen atoms in total. The van der Waals surface area contributed by atoms with Gasteiger partial charge in [-0.25, -0.2) is 4.79 Å². The van der Waals surface area contributed by atoms with Crippen molar-refractivity contribution in [2.45, 2.75) is 20.0 Å². The number of pyridine rings is 1. The zero-order valence-electron chi connectivity index (χ0n) is 15.5. The van der Waals surface area contributed by atoms with Gasteiger partial charge in [-0.05, 0) is 38.1 Å². The summed E-state index contributed by atoms with van der Waals surface area (Å²) in [5, 5.41) is 4.13. The number of rotatable bonds is 7. The summed E-state index contributed by atoms with van der Waals surface area (Å²) in [5.74, 6) is 0.616. The van der Waals surface area contributed by atoms with Crippen LogP contribution in [-0.2, 0) is 4.74 Å². The monoisotopic (exact) mass is 403 g/mol. The van der Waals surface area contributed by atoms with Crippen LogP contribution >= 0.6 is 11.6 Å². The van der Waals surface area contributed by atoms with Gasteiger partial charge in [0.1, 0.15) is 0 Å². The first-order valence-electron chi connectivity index (χ1n) is 8.48. The Bertz CT molecular complexity index is 961. The molecule has 3 aromatic rings. The van der Waals surface area contributed by atoms with Crippen LogP contribution in [0.5, 0.6) is 11.5 Å². The first-order chi connectivity index (χ1) is 13.5. The first-order valence-corrected chi connectivity index (χ1v) is 8.86. The Labute approximate surface area is 166 Å². The van der Waals surface area contributed by atoms with Crippen molar-refractivity contribution < 1.29 is 23.5 Å². The highest BCUT2D eigenvalue weighted by Crippen LogP contribution is 2.37. The largest absolute Gasteiger partial charge is 0.493 e. The number of carbonyl (C=O) groups is 1. The second-order valence-electron chi connectivity index (χ2n) is 5.67. The molecule has 28 heavy (non-hydrogen) atoms. The quantitative estimate of drug-likeness (QED) is 0.543. The summed E-state index contributed by atoms with van der Waals surface area (Å²) in [6.45, 7) is 3.86. The minimum Gasteiger partial charge on any atom is -0.493 e. The molecular weight excluding hydrogens is 386 g/mol. The van der Waals surface area contributed by atoms with Gasteiger partial charge < -0.3 is 18.7 Å². The van der Waals surface area contributed by atoms with Gasteiger partial charge >= 0.3 is 5.97 Å². The van der Waals surface area contributed by atoms with Crippen LogP contribution in [0.1, 0.15) is 36.2 Å². The van der Waals surface area contributed by atoms with Crippen LogP contribution < -0.4 is 9.47 Å². The third-order valence-electron chi connectivity index (χ3n) is 3.75. The number of aromatic nitrogens is 3. The number of esters is 1. The van der Waals surface area contributed by atoms with E-state index in [-0.39, 0.29) is 16.5 Å². The van der Waals surface area contributed by atoms with Gasteiger partial charge in [0.25, 0.3) is 5.89 Å². The molecule has 0 aliphatic heterocycles. The van der Waals surface area contributed by atoms with Crippen molar-refractivity contribution >= 4 is 17.6 Å². The topological polar surface area (TPSA) is 96.6 Å². The van der Waals surface area contributed by atoms with Crippen LogP contribution in [0.15, 0.2) is 41.2 Å². The van der Waals surface area contributed by atoms with Crippen LogP contribution in [0, 0.1) is 0 Å². The van der Waals surface area contributed by atoms with E-state index in [0.29, 0.717) is 29.5 Å². The molecule has 1 aromatic carbocycles. The van der Waals surface area contributed by atoms with Crippen molar-refractivity contribution in [2.24, 2.45) is 0 Å². The molecule has 0 radical (unpaired) electrons. The third-order valence-corrected chi connectivity index (χ3v) is 4.03. The Morgan fingerprint density at radius 3 is 2.86 bits per heavy atom. The summed E-state index contributed by atoms with van der Waals surface area (Å²) in [6.07, 6.45) is 2.49. The molecule has 0 saturated carbocycles. The lowest BCUT2D eigenvalue weighted by molar-refractivity contribution is 0.0265.